The average molecular weight is 2000 g/mol. The minimum absolute atomic E-state index is 0. The van der Waals surface area contributed by atoms with Crippen LogP contribution in [0.1, 0.15) is 520 Å². The van der Waals surface area contributed by atoms with E-state index in [2.05, 4.69) is 48.5 Å². The third-order valence-electron chi connectivity index (χ3n) is 39.6. The summed E-state index contributed by atoms with van der Waals surface area (Å²) in [6, 6.07) is 0. The van der Waals surface area contributed by atoms with Gasteiger partial charge in [0, 0.05) is 5.92 Å². The Labute approximate surface area is 870 Å². The van der Waals surface area contributed by atoms with Crippen LogP contribution in [0.5, 0.6) is 0 Å². The molecule has 14 atom stereocenters. The van der Waals surface area contributed by atoms with E-state index in [9.17, 15) is 38.4 Å². The molecule has 18 bridgehead atoms. The highest BCUT2D eigenvalue weighted by atomic mass is 16.7. The van der Waals surface area contributed by atoms with Crippen LogP contribution in [0.15, 0.2) is 0 Å². The first-order valence-electron chi connectivity index (χ1n) is 53.2. The number of esters is 8. The van der Waals surface area contributed by atoms with Crippen LogP contribution in [0.2, 0.25) is 0 Å². The Morgan fingerprint density at radius 2 is 0.745 bits per heavy atom. The largest absolute Gasteiger partial charge is 0.465 e. The molecule has 832 valence electrons. The molecule has 14 unspecified atom stereocenters. The smallest absolute Gasteiger partial charge is 0.313 e. The van der Waals surface area contributed by atoms with Crippen LogP contribution < -0.4 is 0 Å². The van der Waals surface area contributed by atoms with E-state index in [0.29, 0.717) is 29.3 Å². The van der Waals surface area contributed by atoms with Gasteiger partial charge in [-0.2, -0.15) is 0 Å². The van der Waals surface area contributed by atoms with Crippen LogP contribution in [0.4, 0.5) is 0 Å². The number of hydrogen-bond donors (Lipinski definition) is 0. The Balaban J connectivity index is 0.00000165. The first kappa shape index (κ1) is 137. The molecule has 0 heterocycles. The second kappa shape index (κ2) is 52.9. The summed E-state index contributed by atoms with van der Waals surface area (Å²) in [4.78, 5) is 97.9. The maximum absolute atomic E-state index is 12.7. The fourth-order valence-corrected chi connectivity index (χ4v) is 30.1. The van der Waals surface area contributed by atoms with Gasteiger partial charge in [-0.3, -0.25) is 38.4 Å². The molecule has 20 fully saturated rings. The molecule has 0 aromatic rings. The molecule has 0 aromatic heterocycles. The van der Waals surface area contributed by atoms with Crippen LogP contribution in [-0.2, 0) is 85.7 Å². The molecule has 20 saturated carbocycles. The molecule has 0 radical (unpaired) electrons. The third kappa shape index (κ3) is 29.9. The van der Waals surface area contributed by atoms with Crippen molar-refractivity contribution in [2.75, 3.05) is 19.8 Å². The first-order chi connectivity index (χ1) is 60.2. The zero-order chi connectivity index (χ0) is 94.6. The van der Waals surface area contributed by atoms with Crippen molar-refractivity contribution in [1.29, 1.82) is 0 Å². The third-order valence-corrected chi connectivity index (χ3v) is 39.6. The van der Waals surface area contributed by atoms with Gasteiger partial charge < -0.3 is 47.4 Å². The van der Waals surface area contributed by atoms with Crippen molar-refractivity contribution in [2.24, 2.45) is 161 Å². The molecular formula is C123H232O18. The maximum Gasteiger partial charge on any atom is 0.313 e. The van der Waals surface area contributed by atoms with Crippen molar-refractivity contribution in [3.8, 4) is 0 Å². The van der Waals surface area contributed by atoms with Gasteiger partial charge in [0.25, 0.3) is 0 Å². The molecule has 0 aromatic carbocycles. The Kier molecular flexibility index (Phi) is 51.3. The van der Waals surface area contributed by atoms with Crippen molar-refractivity contribution in [3.05, 3.63) is 0 Å². The second-order valence-corrected chi connectivity index (χ2v) is 51.4. The molecule has 18 heteroatoms. The summed E-state index contributed by atoms with van der Waals surface area (Å²) in [6.07, 6.45) is 44.4. The van der Waals surface area contributed by atoms with E-state index in [1.165, 1.54) is 167 Å². The Hall–Kier alpha value is -4.32. The molecule has 0 saturated heterocycles. The molecule has 0 aliphatic heterocycles. The van der Waals surface area contributed by atoms with Crippen molar-refractivity contribution < 1.29 is 85.7 Å². The summed E-state index contributed by atoms with van der Waals surface area (Å²) in [7, 11) is 0. The maximum atomic E-state index is 12.7. The fraction of sp³-hybridized carbons (Fsp3) is 0.935. The number of rotatable bonds is 28. The van der Waals surface area contributed by atoms with E-state index in [-0.39, 0.29) is 207 Å². The molecule has 1 spiro atoms. The lowest BCUT2D eigenvalue weighted by Gasteiger charge is -2.59. The predicted octanol–water partition coefficient (Wildman–Crippen LogP) is 33.5. The SMILES string of the molecule is C.C.C.C.C.C.C.C.C.C.C.C.CCC(C)(C)C(=O)OC(C)OC12CC3CC(CC(C3)C1)C2.CCC(C)(C)C(=O)OC(C)OC1CC2CC1C1C3CCC(C3)C21.CCC(C)(C)C(=O)OC1(C)CCC23CC1C(C)(C)C2CCC3C.CCC(C)(C)C(=O)OC1(C)CCCCC1.CCC(C)(C)C(=O)OCCC(=O)OC1(C)C2CC3CC(C2)CC1C3.CCC(C)(C)C(=O)OCCOC(=O)C12CC3CC(CC(C3)C1)C2. The normalized spacial score (nSPS) is 34.9. The molecular weight excluding hydrogens is 1770 g/mol. The van der Waals surface area contributed by atoms with Gasteiger partial charge in [0.2, 0.25) is 6.29 Å². The highest BCUT2D eigenvalue weighted by Crippen LogP contribution is 2.75. The lowest BCUT2D eigenvalue weighted by molar-refractivity contribution is -0.248. The number of ether oxygens (including phenoxy) is 10. The molecule has 0 N–H and O–H groups in total. The number of hydrogen-bond acceptors (Lipinski definition) is 18. The van der Waals surface area contributed by atoms with E-state index >= 15 is 0 Å². The Bertz CT molecular complexity index is 3770. The monoisotopic (exact) mass is 2000 g/mol. The number of carbonyl (C=O) groups excluding carboxylic acids is 8. The van der Waals surface area contributed by atoms with E-state index < -0.39 is 34.2 Å². The van der Waals surface area contributed by atoms with E-state index in [1.807, 2.05) is 132 Å². The van der Waals surface area contributed by atoms with E-state index in [1.54, 1.807) is 0 Å². The van der Waals surface area contributed by atoms with Crippen LogP contribution in [0.3, 0.4) is 0 Å². The molecule has 20 aliphatic rings. The minimum atomic E-state index is -0.489. The van der Waals surface area contributed by atoms with Gasteiger partial charge in [-0.1, -0.05) is 158 Å². The number of fused-ring (bicyclic) bond motifs is 10. The summed E-state index contributed by atoms with van der Waals surface area (Å²) in [5.41, 5.74) is -2.66. The standard InChI is InChI=1S/C21H36O2.C20H32O4.C20H32O3.C19H30O4.C18H30O3.C13H24O2.12CH4/c1-8-18(3,4)17(22)23-20(7)11-12-21-13-16(20)19(5,6)15(21)10-9-14(21)2;1-5-19(2,3)18(22)23-7-6-17(21)24-20(4)15-9-13-8-14(11-15)12-16(20)10-13;1-5-20(3,4)19(21)23-11(2)22-16-10-14-9-15(16)18-13-7-6-12(8-13)17(14)18;1-4-18(2,3)16(20)22-5-6-23-17(21)19-10-13-7-14(11-19)9-15(8-13)12-19;1-5-17(3,4)16(19)20-12(2)21-18-9-13-6-14(10-18)8-15(7-13)11-18;1-5-12(2,3)11(14)15-13(4)9-7-6-8-10-13;;;;;;;;;;;;/h14-16H,8-13H2,1-7H3;13-16H,5-12H2,1-4H3;11-18H,5-10H2,1-4H3;13-15H,4-12H2,1-3H3;12-15H,5-11H2,1-4H3;5-10H2,1-4H3;12*1H4. The lowest BCUT2D eigenvalue weighted by atomic mass is 9.49. The van der Waals surface area contributed by atoms with E-state index in [4.69, 9.17) is 47.4 Å². The first-order valence-corrected chi connectivity index (χ1v) is 53.2. The Morgan fingerprint density at radius 1 is 0.355 bits per heavy atom. The summed E-state index contributed by atoms with van der Waals surface area (Å²) in [5.74, 6) is 14.2. The zero-order valence-electron chi connectivity index (χ0n) is 86.2. The minimum Gasteiger partial charge on any atom is -0.465 e. The van der Waals surface area contributed by atoms with Gasteiger partial charge >= 0.3 is 47.8 Å². The van der Waals surface area contributed by atoms with Crippen LogP contribution in [-0.4, -0.2) is 109 Å². The summed E-state index contributed by atoms with van der Waals surface area (Å²) >= 11 is 0. The highest BCUT2D eigenvalue weighted by molar-refractivity contribution is 5.80. The van der Waals surface area contributed by atoms with Gasteiger partial charge in [0.15, 0.2) is 6.29 Å². The zero-order valence-corrected chi connectivity index (χ0v) is 86.2. The van der Waals surface area contributed by atoms with Crippen LogP contribution in [0.25, 0.3) is 0 Å². The molecule has 141 heavy (non-hydrogen) atoms. The highest BCUT2D eigenvalue weighted by Gasteiger charge is 2.70. The van der Waals surface area contributed by atoms with Crippen LogP contribution >= 0.6 is 0 Å². The van der Waals surface area contributed by atoms with Gasteiger partial charge in [-0.15, -0.1) is 0 Å². The topological polar surface area (TPSA) is 229 Å². The van der Waals surface area contributed by atoms with Crippen molar-refractivity contribution in [2.45, 2.75) is 561 Å². The van der Waals surface area contributed by atoms with Gasteiger partial charge in [-0.25, -0.2) is 0 Å². The lowest BCUT2D eigenvalue weighted by Crippen LogP contribution is -2.58. The predicted molar refractivity (Wildman–Crippen MR) is 584 cm³/mol. The van der Waals surface area contributed by atoms with E-state index in [0.717, 1.165) is 172 Å². The number of carbonyl (C=O) groups is 8. The van der Waals surface area contributed by atoms with Crippen LogP contribution in [0, 0.1) is 161 Å². The summed E-state index contributed by atoms with van der Waals surface area (Å²) < 4.78 is 57.7. The van der Waals surface area contributed by atoms with Gasteiger partial charge in [-0.05, 0) is 473 Å². The average Bonchev–Trinajstić information content (AvgIpc) is 1.54. The van der Waals surface area contributed by atoms with Crippen molar-refractivity contribution >= 4 is 47.8 Å². The molecule has 18 nitrogen and oxygen atoms in total. The fourth-order valence-electron chi connectivity index (χ4n) is 30.1. The molecule has 0 amide bonds. The van der Waals surface area contributed by atoms with Gasteiger partial charge in [0.05, 0.1) is 56.0 Å². The van der Waals surface area contributed by atoms with Gasteiger partial charge in [0.1, 0.15) is 36.6 Å². The second-order valence-electron chi connectivity index (χ2n) is 51.4. The quantitative estimate of drug-likeness (QED) is 0.0233. The van der Waals surface area contributed by atoms with Crippen molar-refractivity contribution in [1.82, 2.24) is 0 Å². The Morgan fingerprint density at radius 3 is 1.19 bits per heavy atom. The molecule has 20 aliphatic carbocycles. The van der Waals surface area contributed by atoms with Crippen molar-refractivity contribution in [3.63, 3.8) is 0 Å². The summed E-state index contributed by atoms with van der Waals surface area (Å²) in [5, 5.41) is 0. The molecule has 20 rings (SSSR count). The summed E-state index contributed by atoms with van der Waals surface area (Å²) in [6.45, 7) is 53.3.